The Labute approximate surface area is 137 Å². The van der Waals surface area contributed by atoms with Crippen LogP contribution in [0, 0.1) is 6.92 Å². The highest BCUT2D eigenvalue weighted by Gasteiger charge is 2.11. The summed E-state index contributed by atoms with van der Waals surface area (Å²) in [6, 6.07) is 12.6. The second-order valence-corrected chi connectivity index (χ2v) is 6.12. The van der Waals surface area contributed by atoms with Crippen LogP contribution in [0.1, 0.15) is 36.6 Å². The van der Waals surface area contributed by atoms with Gasteiger partial charge >= 0.3 is 0 Å². The van der Waals surface area contributed by atoms with E-state index in [-0.39, 0.29) is 0 Å². The van der Waals surface area contributed by atoms with Crippen LogP contribution in [0.2, 0.25) is 0 Å². The van der Waals surface area contributed by atoms with Gasteiger partial charge < -0.3 is 5.32 Å². The van der Waals surface area contributed by atoms with Gasteiger partial charge in [-0.05, 0) is 36.1 Å². The summed E-state index contributed by atoms with van der Waals surface area (Å²) < 4.78 is 0. The third-order valence-corrected chi connectivity index (χ3v) is 3.91. The zero-order valence-electron chi connectivity index (χ0n) is 13.8. The molecule has 0 aliphatic rings. The van der Waals surface area contributed by atoms with Crippen LogP contribution in [0.15, 0.2) is 48.8 Å². The number of aryl methyl sites for hydroxylation is 1. The summed E-state index contributed by atoms with van der Waals surface area (Å²) in [6.45, 7) is 7.18. The van der Waals surface area contributed by atoms with Crippen molar-refractivity contribution in [2.75, 3.05) is 5.32 Å². The maximum atomic E-state index is 4.41. The van der Waals surface area contributed by atoms with Crippen molar-refractivity contribution in [1.82, 2.24) is 15.2 Å². The van der Waals surface area contributed by atoms with E-state index >= 15 is 0 Å². The molecule has 0 bridgehead atoms. The van der Waals surface area contributed by atoms with Crippen LogP contribution >= 0.6 is 0 Å². The summed E-state index contributed by atoms with van der Waals surface area (Å²) in [6.07, 6.45) is 3.72. The summed E-state index contributed by atoms with van der Waals surface area (Å²) in [5, 5.41) is 10.7. The van der Waals surface area contributed by atoms with Crippen LogP contribution in [0.3, 0.4) is 0 Å². The van der Waals surface area contributed by atoms with Crippen molar-refractivity contribution in [3.63, 3.8) is 0 Å². The predicted molar refractivity (Wildman–Crippen MR) is 94.4 cm³/mol. The molecule has 0 aliphatic heterocycles. The highest BCUT2D eigenvalue weighted by Crippen LogP contribution is 2.28. The molecular formula is C19H22N4. The van der Waals surface area contributed by atoms with Gasteiger partial charge in [-0.1, -0.05) is 43.7 Å². The summed E-state index contributed by atoms with van der Waals surface area (Å²) in [5.74, 6) is 1.28. The fourth-order valence-electron chi connectivity index (χ4n) is 2.56. The van der Waals surface area contributed by atoms with Gasteiger partial charge in [0.05, 0.1) is 6.20 Å². The van der Waals surface area contributed by atoms with E-state index in [1.807, 2.05) is 18.5 Å². The topological polar surface area (TPSA) is 53.6 Å². The minimum Gasteiger partial charge on any atom is -0.366 e. The van der Waals surface area contributed by atoms with Gasteiger partial charge in [-0.2, -0.15) is 5.10 Å². The standard InChI is InChI=1S/C19H22N4/c1-13(2)19-17(12-22-23-19)16-8-9-20-18(10-16)21-11-15-6-4-14(3)5-7-15/h4-10,12-13H,11H2,1-3H3,(H,20,21)(H,22,23). The molecule has 2 aromatic heterocycles. The number of nitrogens with zero attached hydrogens (tertiary/aromatic N) is 2. The lowest BCUT2D eigenvalue weighted by Gasteiger charge is -2.09. The molecule has 3 aromatic rings. The molecule has 0 radical (unpaired) electrons. The highest BCUT2D eigenvalue weighted by atomic mass is 15.1. The maximum Gasteiger partial charge on any atom is 0.126 e. The van der Waals surface area contributed by atoms with E-state index < -0.39 is 0 Å². The van der Waals surface area contributed by atoms with Crippen LogP contribution < -0.4 is 5.32 Å². The summed E-state index contributed by atoms with van der Waals surface area (Å²) in [7, 11) is 0. The second kappa shape index (κ2) is 6.65. The van der Waals surface area contributed by atoms with Gasteiger partial charge in [-0.15, -0.1) is 0 Å². The minimum absolute atomic E-state index is 0.407. The number of rotatable bonds is 5. The Balaban J connectivity index is 1.77. The van der Waals surface area contributed by atoms with Crippen molar-refractivity contribution >= 4 is 5.82 Å². The largest absolute Gasteiger partial charge is 0.366 e. The fraction of sp³-hybridized carbons (Fsp3) is 0.263. The van der Waals surface area contributed by atoms with Crippen LogP contribution in [0.5, 0.6) is 0 Å². The quantitative estimate of drug-likeness (QED) is 0.729. The summed E-state index contributed by atoms with van der Waals surface area (Å²) >= 11 is 0. The molecule has 118 valence electrons. The van der Waals surface area contributed by atoms with Gasteiger partial charge in [0.2, 0.25) is 0 Å². The molecule has 0 aliphatic carbocycles. The SMILES string of the molecule is Cc1ccc(CNc2cc(-c3cn[nH]c3C(C)C)ccn2)cc1. The maximum absolute atomic E-state index is 4.41. The van der Waals surface area contributed by atoms with Gasteiger partial charge in [0.15, 0.2) is 0 Å². The summed E-state index contributed by atoms with van der Waals surface area (Å²) in [4.78, 5) is 4.41. The van der Waals surface area contributed by atoms with Crippen molar-refractivity contribution in [3.05, 3.63) is 65.6 Å². The summed E-state index contributed by atoms with van der Waals surface area (Å²) in [5.41, 5.74) is 5.94. The van der Waals surface area contributed by atoms with E-state index in [0.717, 1.165) is 29.2 Å². The zero-order chi connectivity index (χ0) is 16.2. The number of anilines is 1. The molecule has 3 rings (SSSR count). The average Bonchev–Trinajstić information content (AvgIpc) is 3.05. The Hall–Kier alpha value is -2.62. The Bertz CT molecular complexity index is 772. The molecule has 4 nitrogen and oxygen atoms in total. The second-order valence-electron chi connectivity index (χ2n) is 6.12. The van der Waals surface area contributed by atoms with Crippen LogP contribution in [0.25, 0.3) is 11.1 Å². The van der Waals surface area contributed by atoms with Gasteiger partial charge in [-0.25, -0.2) is 4.98 Å². The van der Waals surface area contributed by atoms with E-state index in [1.54, 1.807) is 0 Å². The van der Waals surface area contributed by atoms with Crippen molar-refractivity contribution in [2.24, 2.45) is 0 Å². The number of benzene rings is 1. The first kappa shape index (κ1) is 15.3. The van der Waals surface area contributed by atoms with Gasteiger partial charge in [0, 0.05) is 24.0 Å². The smallest absolute Gasteiger partial charge is 0.126 e. The molecule has 0 unspecified atom stereocenters. The number of nitrogens with one attached hydrogen (secondary N) is 2. The van der Waals surface area contributed by atoms with Crippen LogP contribution in [-0.4, -0.2) is 15.2 Å². The Morgan fingerprint density at radius 3 is 2.65 bits per heavy atom. The van der Waals surface area contributed by atoms with Crippen LogP contribution in [-0.2, 0) is 6.54 Å². The molecule has 0 saturated carbocycles. The zero-order valence-corrected chi connectivity index (χ0v) is 13.8. The van der Waals surface area contributed by atoms with Gasteiger partial charge in [0.25, 0.3) is 0 Å². The first-order valence-corrected chi connectivity index (χ1v) is 7.92. The first-order valence-electron chi connectivity index (χ1n) is 7.92. The van der Waals surface area contributed by atoms with Crippen molar-refractivity contribution in [3.8, 4) is 11.1 Å². The third kappa shape index (κ3) is 3.59. The molecule has 2 N–H and O–H groups in total. The number of pyridine rings is 1. The molecule has 4 heteroatoms. The van der Waals surface area contributed by atoms with Crippen molar-refractivity contribution in [2.45, 2.75) is 33.2 Å². The molecule has 2 heterocycles. The number of hydrogen-bond acceptors (Lipinski definition) is 3. The van der Waals surface area contributed by atoms with E-state index in [9.17, 15) is 0 Å². The van der Waals surface area contributed by atoms with E-state index in [4.69, 9.17) is 0 Å². The van der Waals surface area contributed by atoms with Crippen LogP contribution in [0.4, 0.5) is 5.82 Å². The van der Waals surface area contributed by atoms with E-state index in [0.29, 0.717) is 5.92 Å². The molecule has 0 amide bonds. The molecule has 0 saturated heterocycles. The Morgan fingerprint density at radius 1 is 1.13 bits per heavy atom. The molecule has 0 spiro atoms. The molecular weight excluding hydrogens is 284 g/mol. The van der Waals surface area contributed by atoms with E-state index in [1.165, 1.54) is 11.1 Å². The molecule has 1 aromatic carbocycles. The predicted octanol–water partition coefficient (Wildman–Crippen LogP) is 4.52. The number of H-pyrrole nitrogens is 1. The lowest BCUT2D eigenvalue weighted by molar-refractivity contribution is 0.812. The average molecular weight is 306 g/mol. The Morgan fingerprint density at radius 2 is 1.91 bits per heavy atom. The molecule has 0 atom stereocenters. The van der Waals surface area contributed by atoms with Gasteiger partial charge in [-0.3, -0.25) is 5.10 Å². The molecule has 23 heavy (non-hydrogen) atoms. The number of aromatic amines is 1. The monoisotopic (exact) mass is 306 g/mol. The number of aromatic nitrogens is 3. The minimum atomic E-state index is 0.407. The lowest BCUT2D eigenvalue weighted by Crippen LogP contribution is -2.01. The lowest BCUT2D eigenvalue weighted by atomic mass is 10.0. The van der Waals surface area contributed by atoms with Crippen molar-refractivity contribution in [1.29, 1.82) is 0 Å². The van der Waals surface area contributed by atoms with E-state index in [2.05, 4.69) is 71.6 Å². The third-order valence-electron chi connectivity index (χ3n) is 3.91. The Kier molecular flexibility index (Phi) is 4.42. The highest BCUT2D eigenvalue weighted by molar-refractivity contribution is 5.68. The van der Waals surface area contributed by atoms with Crippen molar-refractivity contribution < 1.29 is 0 Å². The first-order chi connectivity index (χ1) is 11.1. The fourth-order valence-corrected chi connectivity index (χ4v) is 2.56. The molecule has 0 fully saturated rings. The normalized spacial score (nSPS) is 11.0. The van der Waals surface area contributed by atoms with Gasteiger partial charge in [0.1, 0.15) is 5.82 Å². The number of hydrogen-bond donors (Lipinski definition) is 2.